The second-order valence-electron chi connectivity index (χ2n) is 5.13. The van der Waals surface area contributed by atoms with Crippen LogP contribution in [0.5, 0.6) is 0 Å². The smallest absolute Gasteiger partial charge is 0.263 e. The van der Waals surface area contributed by atoms with Crippen molar-refractivity contribution in [2.75, 3.05) is 12.3 Å². The molecule has 0 aliphatic carbocycles. The van der Waals surface area contributed by atoms with Crippen molar-refractivity contribution in [3.63, 3.8) is 0 Å². The van der Waals surface area contributed by atoms with Crippen LogP contribution in [0.15, 0.2) is 11.0 Å². The molecule has 0 saturated carbocycles. The molecule has 0 saturated heterocycles. The fourth-order valence-corrected chi connectivity index (χ4v) is 2.07. The fourth-order valence-electron chi connectivity index (χ4n) is 2.07. The molecule has 0 spiro atoms. The van der Waals surface area contributed by atoms with E-state index in [9.17, 15) is 9.59 Å². The molecule has 2 rings (SSSR count). The molecule has 0 fully saturated rings. The number of nitrogens with zero attached hydrogens (tertiary/aromatic N) is 2. The normalized spacial score (nSPS) is 10.5. The van der Waals surface area contributed by atoms with E-state index in [1.54, 1.807) is 13.1 Å². The molecule has 0 aliphatic rings. The first kappa shape index (κ1) is 15.6. The molecule has 4 N–H and O–H groups in total. The number of fused-ring (bicyclic) bond motifs is 1. The first-order valence-corrected chi connectivity index (χ1v) is 7.10. The lowest BCUT2D eigenvalue weighted by Crippen LogP contribution is -2.22. The zero-order valence-electron chi connectivity index (χ0n) is 12.9. The van der Waals surface area contributed by atoms with Crippen molar-refractivity contribution in [2.24, 2.45) is 0 Å². The quantitative estimate of drug-likeness (QED) is 0.728. The lowest BCUT2D eigenvalue weighted by Gasteiger charge is -2.07. The summed E-state index contributed by atoms with van der Waals surface area (Å²) in [5, 5.41) is 3.08. The average molecular weight is 301 g/mol. The van der Waals surface area contributed by atoms with Gasteiger partial charge in [-0.15, -0.1) is 0 Å². The van der Waals surface area contributed by atoms with Crippen molar-refractivity contribution < 1.29 is 4.79 Å². The zero-order chi connectivity index (χ0) is 16.3. The second-order valence-corrected chi connectivity index (χ2v) is 5.13. The largest absolute Gasteiger partial charge is 0.369 e. The molecule has 7 nitrogen and oxygen atoms in total. The van der Waals surface area contributed by atoms with Crippen LogP contribution in [0, 0.1) is 11.8 Å². The number of H-pyrrole nitrogens is 1. The molecule has 22 heavy (non-hydrogen) atoms. The molecule has 7 heteroatoms. The van der Waals surface area contributed by atoms with Gasteiger partial charge in [0, 0.05) is 18.7 Å². The van der Waals surface area contributed by atoms with Gasteiger partial charge in [0.2, 0.25) is 11.9 Å². The molecule has 0 aliphatic heterocycles. The Labute approximate surface area is 127 Å². The van der Waals surface area contributed by atoms with Gasteiger partial charge >= 0.3 is 0 Å². The van der Waals surface area contributed by atoms with Gasteiger partial charge in [0.15, 0.2) is 5.65 Å². The van der Waals surface area contributed by atoms with Crippen molar-refractivity contribution in [3.05, 3.63) is 22.1 Å². The first-order valence-electron chi connectivity index (χ1n) is 7.10. The van der Waals surface area contributed by atoms with Crippen LogP contribution in [0.3, 0.4) is 0 Å². The number of aromatic nitrogens is 3. The molecular formula is C15H19N5O2. The van der Waals surface area contributed by atoms with Crippen molar-refractivity contribution in [1.82, 2.24) is 19.9 Å². The Balaban J connectivity index is 2.45. The average Bonchev–Trinajstić information content (AvgIpc) is 2.82. The molecule has 116 valence electrons. The highest BCUT2D eigenvalue weighted by molar-refractivity contribution is 5.83. The third kappa shape index (κ3) is 3.11. The van der Waals surface area contributed by atoms with Gasteiger partial charge in [-0.2, -0.15) is 4.98 Å². The van der Waals surface area contributed by atoms with Gasteiger partial charge in [-0.05, 0) is 13.8 Å². The van der Waals surface area contributed by atoms with Crippen LogP contribution in [0.2, 0.25) is 0 Å². The van der Waals surface area contributed by atoms with E-state index in [4.69, 9.17) is 5.73 Å². The maximum atomic E-state index is 12.1. The predicted molar refractivity (Wildman–Crippen MR) is 85.3 cm³/mol. The number of hydrogen-bond donors (Lipinski definition) is 3. The highest BCUT2D eigenvalue weighted by Gasteiger charge is 2.14. The molecule has 2 aromatic heterocycles. The standard InChI is InChI=1S/C15H19N5O2/c1-4-11(21)17-7-5-6-10-8-20(9(2)3)13-12(10)14(22)19-15(16)18-13/h8-9H,4,7H2,1-3H3,(H,17,21)(H3,16,18,19,22). The number of carbonyl (C=O) groups is 1. The van der Waals surface area contributed by atoms with Crippen LogP contribution >= 0.6 is 0 Å². The van der Waals surface area contributed by atoms with E-state index in [-0.39, 0.29) is 30.0 Å². The van der Waals surface area contributed by atoms with Crippen LogP contribution in [0.4, 0.5) is 5.95 Å². The van der Waals surface area contributed by atoms with Gasteiger partial charge in [-0.1, -0.05) is 18.8 Å². The number of anilines is 1. The minimum Gasteiger partial charge on any atom is -0.369 e. The third-order valence-corrected chi connectivity index (χ3v) is 3.18. The fraction of sp³-hybridized carbons (Fsp3) is 0.400. The topological polar surface area (TPSA) is 106 Å². The number of nitrogen functional groups attached to an aromatic ring is 1. The van der Waals surface area contributed by atoms with Gasteiger partial charge in [0.25, 0.3) is 5.56 Å². The van der Waals surface area contributed by atoms with Gasteiger partial charge in [0.05, 0.1) is 17.5 Å². The Morgan fingerprint density at radius 2 is 2.27 bits per heavy atom. The maximum Gasteiger partial charge on any atom is 0.263 e. The Bertz CT molecular complexity index is 820. The van der Waals surface area contributed by atoms with Gasteiger partial charge in [-0.25, -0.2) is 0 Å². The molecular weight excluding hydrogens is 282 g/mol. The Kier molecular flexibility index (Phi) is 4.51. The molecule has 0 unspecified atom stereocenters. The van der Waals surface area contributed by atoms with Crippen LogP contribution in [0.25, 0.3) is 11.0 Å². The van der Waals surface area contributed by atoms with E-state index < -0.39 is 0 Å². The summed E-state index contributed by atoms with van der Waals surface area (Å²) in [5.74, 6) is 5.77. The number of amides is 1. The number of aromatic amines is 1. The first-order chi connectivity index (χ1) is 10.4. The Morgan fingerprint density at radius 1 is 1.55 bits per heavy atom. The van der Waals surface area contributed by atoms with Crippen molar-refractivity contribution in [3.8, 4) is 11.8 Å². The van der Waals surface area contributed by atoms with E-state index in [1.165, 1.54) is 0 Å². The van der Waals surface area contributed by atoms with Crippen LogP contribution < -0.4 is 16.6 Å². The molecule has 0 radical (unpaired) electrons. The Hall–Kier alpha value is -2.75. The van der Waals surface area contributed by atoms with E-state index in [0.717, 1.165) is 0 Å². The molecule has 1 amide bonds. The van der Waals surface area contributed by atoms with Gasteiger partial charge < -0.3 is 15.6 Å². The van der Waals surface area contributed by atoms with Gasteiger partial charge in [-0.3, -0.25) is 14.6 Å². The second kappa shape index (κ2) is 6.35. The number of rotatable bonds is 3. The maximum absolute atomic E-state index is 12.1. The minimum absolute atomic E-state index is 0.0637. The summed E-state index contributed by atoms with van der Waals surface area (Å²) in [6.45, 7) is 5.98. The Morgan fingerprint density at radius 3 is 2.91 bits per heavy atom. The van der Waals surface area contributed by atoms with E-state index in [0.29, 0.717) is 23.0 Å². The van der Waals surface area contributed by atoms with Crippen molar-refractivity contribution in [2.45, 2.75) is 33.2 Å². The lowest BCUT2D eigenvalue weighted by molar-refractivity contribution is -0.120. The van der Waals surface area contributed by atoms with Gasteiger partial charge in [0.1, 0.15) is 0 Å². The summed E-state index contributed by atoms with van der Waals surface area (Å²) in [6, 6.07) is 0.117. The number of nitrogens with two attached hydrogens (primary N) is 1. The van der Waals surface area contributed by atoms with E-state index >= 15 is 0 Å². The molecule has 0 aromatic carbocycles. The third-order valence-electron chi connectivity index (χ3n) is 3.18. The SMILES string of the molecule is CCC(=O)NCC#Cc1cn(C(C)C)c2nc(N)[nH]c(=O)c12. The summed E-state index contributed by atoms with van der Waals surface area (Å²) in [6.07, 6.45) is 2.20. The monoisotopic (exact) mass is 301 g/mol. The number of hydrogen-bond acceptors (Lipinski definition) is 4. The van der Waals surface area contributed by atoms with Crippen molar-refractivity contribution >= 4 is 22.9 Å². The van der Waals surface area contributed by atoms with E-state index in [1.807, 2.05) is 18.4 Å². The number of nitrogens with one attached hydrogen (secondary N) is 2. The van der Waals surface area contributed by atoms with Crippen LogP contribution in [-0.4, -0.2) is 27.0 Å². The molecule has 0 atom stereocenters. The summed E-state index contributed by atoms with van der Waals surface area (Å²) < 4.78 is 1.86. The van der Waals surface area contributed by atoms with Crippen LogP contribution in [-0.2, 0) is 4.79 Å². The zero-order valence-corrected chi connectivity index (χ0v) is 12.9. The van der Waals surface area contributed by atoms with E-state index in [2.05, 4.69) is 27.1 Å². The number of carbonyl (C=O) groups excluding carboxylic acids is 1. The van der Waals surface area contributed by atoms with Crippen LogP contribution in [0.1, 0.15) is 38.8 Å². The highest BCUT2D eigenvalue weighted by Crippen LogP contribution is 2.19. The summed E-state index contributed by atoms with van der Waals surface area (Å²) in [5.41, 5.74) is 6.38. The molecule has 2 heterocycles. The minimum atomic E-state index is -0.316. The lowest BCUT2D eigenvalue weighted by atomic mass is 10.2. The molecule has 2 aromatic rings. The highest BCUT2D eigenvalue weighted by atomic mass is 16.1. The predicted octanol–water partition coefficient (Wildman–Crippen LogP) is 0.765. The molecule has 0 bridgehead atoms. The summed E-state index contributed by atoms with van der Waals surface area (Å²) >= 11 is 0. The summed E-state index contributed by atoms with van der Waals surface area (Å²) in [4.78, 5) is 30.0. The summed E-state index contributed by atoms with van der Waals surface area (Å²) in [7, 11) is 0. The van der Waals surface area contributed by atoms with Crippen molar-refractivity contribution in [1.29, 1.82) is 0 Å².